The van der Waals surface area contributed by atoms with Crippen LogP contribution in [0.4, 0.5) is 20.6 Å². The summed E-state index contributed by atoms with van der Waals surface area (Å²) >= 11 is 4.38. The first-order valence-corrected chi connectivity index (χ1v) is 17.1. The molecule has 1 aliphatic carbocycles. The number of urea groups is 1. The third-order valence-electron chi connectivity index (χ3n) is 8.59. The molecular weight excluding hydrogens is 641 g/mol. The van der Waals surface area contributed by atoms with Crippen LogP contribution in [0.25, 0.3) is 0 Å². The number of carbonyl (C=O) groups excluding carboxylic acids is 2. The van der Waals surface area contributed by atoms with E-state index in [1.54, 1.807) is 48.5 Å². The number of aliphatic hydroxyl groups excluding tert-OH is 1. The molecule has 4 atom stereocenters. The summed E-state index contributed by atoms with van der Waals surface area (Å²) in [4.78, 5) is 28.0. The van der Waals surface area contributed by atoms with E-state index in [0.717, 1.165) is 19.3 Å². The summed E-state index contributed by atoms with van der Waals surface area (Å²) in [6.07, 6.45) is 2.53. The molecule has 248 valence electrons. The summed E-state index contributed by atoms with van der Waals surface area (Å²) in [6.45, 7) is 5.49. The lowest BCUT2D eigenvalue weighted by Gasteiger charge is -2.39. The maximum absolute atomic E-state index is 15.5. The number of likely N-dealkylation sites (tertiary alicyclic amines) is 1. The fourth-order valence-electron chi connectivity index (χ4n) is 5.73. The highest BCUT2D eigenvalue weighted by molar-refractivity contribution is 7.90. The van der Waals surface area contributed by atoms with Crippen LogP contribution in [-0.4, -0.2) is 49.9 Å². The van der Waals surface area contributed by atoms with Crippen LogP contribution in [0, 0.1) is 23.1 Å². The van der Waals surface area contributed by atoms with E-state index >= 15 is 4.39 Å². The average Bonchev–Trinajstić information content (AvgIpc) is 3.79. The third kappa shape index (κ3) is 8.26. The topological polar surface area (TPSA) is 141 Å². The molecule has 0 bridgehead atoms. The van der Waals surface area contributed by atoms with E-state index in [0.29, 0.717) is 39.7 Å². The molecule has 2 fully saturated rings. The zero-order chi connectivity index (χ0) is 33.9. The Kier molecular flexibility index (Phi) is 10.5. The molecule has 0 spiro atoms. The van der Waals surface area contributed by atoms with Crippen molar-refractivity contribution >= 4 is 46.3 Å². The molecule has 0 radical (unpaired) electrons. The minimum absolute atomic E-state index is 0.0282. The summed E-state index contributed by atoms with van der Waals surface area (Å²) in [5.41, 5.74) is 0.932. The van der Waals surface area contributed by atoms with Gasteiger partial charge in [0.15, 0.2) is 0 Å². The summed E-state index contributed by atoms with van der Waals surface area (Å²) in [5, 5.41) is 26.0. The van der Waals surface area contributed by atoms with Gasteiger partial charge in [-0.15, -0.1) is 4.72 Å². The van der Waals surface area contributed by atoms with Gasteiger partial charge >= 0.3 is 6.03 Å². The van der Waals surface area contributed by atoms with Crippen LogP contribution in [0.1, 0.15) is 69.6 Å². The van der Waals surface area contributed by atoms with Crippen molar-refractivity contribution in [3.8, 4) is 6.07 Å². The quantitative estimate of drug-likeness (QED) is 0.182. The second-order valence-corrected chi connectivity index (χ2v) is 15.6. The Hall–Kier alpha value is -3.66. The second-order valence-electron chi connectivity index (χ2n) is 13.2. The van der Waals surface area contributed by atoms with Gasteiger partial charge in [-0.3, -0.25) is 4.79 Å². The van der Waals surface area contributed by atoms with Crippen molar-refractivity contribution in [2.75, 3.05) is 17.2 Å². The molecule has 47 heavy (non-hydrogen) atoms. The van der Waals surface area contributed by atoms with Gasteiger partial charge in [0.25, 0.3) is 0 Å². The van der Waals surface area contributed by atoms with E-state index in [4.69, 9.17) is 11.6 Å². The Labute approximate surface area is 282 Å². The van der Waals surface area contributed by atoms with Crippen molar-refractivity contribution in [2.45, 2.75) is 75.3 Å². The molecule has 3 aromatic carbocycles. The smallest absolute Gasteiger partial charge is 0.322 e. The maximum Gasteiger partial charge on any atom is 0.322 e. The molecule has 2 unspecified atom stereocenters. The molecule has 1 aliphatic heterocycles. The van der Waals surface area contributed by atoms with E-state index in [-0.39, 0.29) is 18.7 Å². The molecule has 1 heterocycles. The number of amides is 3. The molecule has 3 aromatic rings. The van der Waals surface area contributed by atoms with E-state index in [1.807, 2.05) is 26.8 Å². The monoisotopic (exact) mass is 679 g/mol. The van der Waals surface area contributed by atoms with E-state index in [9.17, 15) is 24.5 Å². The fourth-order valence-corrected chi connectivity index (χ4v) is 6.82. The highest BCUT2D eigenvalue weighted by Gasteiger charge is 2.44. The third-order valence-corrected chi connectivity index (χ3v) is 10.5. The molecule has 9 nitrogen and oxygen atoms in total. The molecule has 0 aromatic heterocycles. The van der Waals surface area contributed by atoms with Crippen LogP contribution in [0.5, 0.6) is 0 Å². The van der Waals surface area contributed by atoms with Crippen molar-refractivity contribution < 1.29 is 23.6 Å². The number of nitrogens with zero attached hydrogens (tertiary/aromatic N) is 2. The largest absolute Gasteiger partial charge is 0.598 e. The highest BCUT2D eigenvalue weighted by atomic mass is 35.5. The lowest BCUT2D eigenvalue weighted by molar-refractivity contribution is -0.119. The number of benzene rings is 3. The summed E-state index contributed by atoms with van der Waals surface area (Å²) in [6, 6.07) is 18.4. The molecule has 2 aliphatic rings. The van der Waals surface area contributed by atoms with Gasteiger partial charge in [-0.05, 0) is 99.2 Å². The normalized spacial score (nSPS) is 19.8. The lowest BCUT2D eigenvalue weighted by Crippen LogP contribution is -2.52. The minimum atomic E-state index is -1.57. The second kappa shape index (κ2) is 14.2. The predicted molar refractivity (Wildman–Crippen MR) is 182 cm³/mol. The molecule has 4 N–H and O–H groups in total. The first-order chi connectivity index (χ1) is 22.3. The Balaban J connectivity index is 1.48. The summed E-state index contributed by atoms with van der Waals surface area (Å²) in [5.74, 6) is -0.849. The fraction of sp³-hybridized carbons (Fsp3) is 0.400. The Morgan fingerprint density at radius 2 is 1.79 bits per heavy atom. The zero-order valence-electron chi connectivity index (χ0n) is 26.6. The van der Waals surface area contributed by atoms with E-state index in [1.165, 1.54) is 17.0 Å². The average molecular weight is 680 g/mol. The van der Waals surface area contributed by atoms with Crippen LogP contribution in [0.15, 0.2) is 66.7 Å². The van der Waals surface area contributed by atoms with Gasteiger partial charge in [-0.1, -0.05) is 42.6 Å². The van der Waals surface area contributed by atoms with Crippen molar-refractivity contribution in [2.24, 2.45) is 5.92 Å². The van der Waals surface area contributed by atoms with Crippen LogP contribution in [0.3, 0.4) is 0 Å². The van der Waals surface area contributed by atoms with Crippen LogP contribution in [0.2, 0.25) is 5.02 Å². The number of nitriles is 1. The van der Waals surface area contributed by atoms with E-state index < -0.39 is 51.5 Å². The molecule has 12 heteroatoms. The van der Waals surface area contributed by atoms with Gasteiger partial charge in [-0.2, -0.15) is 5.26 Å². The molecular formula is C35H39ClFN5O4S. The minimum Gasteiger partial charge on any atom is -0.598 e. The number of anilines is 2. The Morgan fingerprint density at radius 1 is 1.09 bits per heavy atom. The number of hydrogen-bond acceptors (Lipinski definition) is 6. The number of hydrogen-bond donors (Lipinski definition) is 4. The van der Waals surface area contributed by atoms with Crippen molar-refractivity contribution in [1.29, 1.82) is 5.26 Å². The number of halogens is 2. The molecule has 1 saturated carbocycles. The van der Waals surface area contributed by atoms with Gasteiger partial charge in [0.2, 0.25) is 5.91 Å². The summed E-state index contributed by atoms with van der Waals surface area (Å²) in [7, 11) is 0. The van der Waals surface area contributed by atoms with Gasteiger partial charge in [0.05, 0.1) is 23.4 Å². The van der Waals surface area contributed by atoms with Gasteiger partial charge in [-0.25, -0.2) is 9.18 Å². The first kappa shape index (κ1) is 34.7. The standard InChI is InChI=1S/C35H39ClFN5O4S/c1-34(2,3)47(46)41-35(16-15-22-7-8-22,24-6-4-5-23(17-24)20-38)25-9-14-29(37)30(18-25)40-32(44)31-19-28(43)21-42(31)33(45)39-27-12-10-26(36)11-13-27/h4-6,9-14,17-18,22,28,31,41,43H,7-8,15-16,19,21H2,1-3H3,(H,39,45)(H,40,44)/t28-,31-,35?,47?/m0/s1. The van der Waals surface area contributed by atoms with Crippen molar-refractivity contribution in [1.82, 2.24) is 9.62 Å². The first-order valence-electron chi connectivity index (χ1n) is 15.6. The maximum atomic E-state index is 15.5. The van der Waals surface area contributed by atoms with Crippen LogP contribution >= 0.6 is 11.6 Å². The molecule has 3 amide bonds. The number of aliphatic hydroxyl groups is 1. The van der Waals surface area contributed by atoms with Crippen LogP contribution < -0.4 is 15.4 Å². The zero-order valence-corrected chi connectivity index (χ0v) is 28.1. The van der Waals surface area contributed by atoms with Crippen molar-refractivity contribution in [3.05, 3.63) is 94.3 Å². The van der Waals surface area contributed by atoms with Crippen molar-refractivity contribution in [3.63, 3.8) is 0 Å². The predicted octanol–water partition coefficient (Wildman–Crippen LogP) is 6.44. The van der Waals surface area contributed by atoms with Gasteiger partial charge in [0, 0.05) is 35.0 Å². The number of rotatable bonds is 10. The summed E-state index contributed by atoms with van der Waals surface area (Å²) < 4.78 is 31.9. The van der Waals surface area contributed by atoms with Gasteiger partial charge in [0.1, 0.15) is 22.1 Å². The SMILES string of the molecule is CC(C)(C)[S+]([O-])NC(CCC1CC1)(c1cccc(C#N)c1)c1ccc(F)c(NC(=O)[C@@H]2C[C@H](O)CN2C(=O)Nc2ccc(Cl)cc2)c1. The molecule has 1 saturated heterocycles. The van der Waals surface area contributed by atoms with Gasteiger partial charge < -0.3 is 25.2 Å². The Morgan fingerprint density at radius 3 is 2.45 bits per heavy atom. The molecule has 5 rings (SSSR count). The van der Waals surface area contributed by atoms with E-state index in [2.05, 4.69) is 21.4 Å². The van der Waals surface area contributed by atoms with Crippen LogP contribution in [-0.2, 0) is 21.7 Å². The number of β-amino-alcohol motifs (C(OH)–C–C–N with tert-alkyl or cyclic N) is 1. The number of carbonyl (C=O) groups is 2. The number of nitrogens with one attached hydrogen (secondary N) is 3. The Bertz CT molecular complexity index is 1660. The highest BCUT2D eigenvalue weighted by Crippen LogP contribution is 2.43. The lowest BCUT2D eigenvalue weighted by atomic mass is 9.79.